The van der Waals surface area contributed by atoms with Gasteiger partial charge >= 0.3 is 0 Å². The Morgan fingerprint density at radius 3 is 2.93 bits per heavy atom. The maximum absolute atomic E-state index is 14.0. The van der Waals surface area contributed by atoms with Crippen molar-refractivity contribution in [1.82, 2.24) is 5.32 Å². The average molecular weight is 412 g/mol. The van der Waals surface area contributed by atoms with Gasteiger partial charge in [-0.3, -0.25) is 9.59 Å². The van der Waals surface area contributed by atoms with E-state index in [2.05, 4.69) is 5.32 Å². The third-order valence-electron chi connectivity index (χ3n) is 5.02. The van der Waals surface area contributed by atoms with E-state index in [4.69, 9.17) is 4.74 Å². The number of hydrogen-bond donors (Lipinski definition) is 1. The van der Waals surface area contributed by atoms with Crippen LogP contribution in [-0.4, -0.2) is 38.1 Å². The van der Waals surface area contributed by atoms with Gasteiger partial charge in [0.2, 0.25) is 0 Å². The molecule has 2 amide bonds. The van der Waals surface area contributed by atoms with Gasteiger partial charge in [0.1, 0.15) is 5.82 Å². The van der Waals surface area contributed by atoms with Crippen LogP contribution in [0.25, 0.3) is 6.08 Å². The van der Waals surface area contributed by atoms with Crippen LogP contribution in [0.3, 0.4) is 0 Å². The molecule has 2 aliphatic rings. The van der Waals surface area contributed by atoms with Gasteiger partial charge in [0.25, 0.3) is 11.8 Å². The molecule has 0 bridgehead atoms. The molecule has 2 aromatic rings. The van der Waals surface area contributed by atoms with E-state index in [1.54, 1.807) is 43.5 Å². The zero-order valence-corrected chi connectivity index (χ0v) is 16.8. The van der Waals surface area contributed by atoms with Crippen LogP contribution in [0.5, 0.6) is 0 Å². The SMILES string of the molecule is CN1C(=O)C(=Cc2ccccc2F)Sc2ccc(C(=O)NCC3CCCO3)cc21. The molecule has 150 valence electrons. The monoisotopic (exact) mass is 412 g/mol. The molecule has 5 nitrogen and oxygen atoms in total. The van der Waals surface area contributed by atoms with Crippen molar-refractivity contribution < 1.29 is 18.7 Å². The number of halogens is 1. The molecule has 7 heteroatoms. The van der Waals surface area contributed by atoms with E-state index >= 15 is 0 Å². The molecular weight excluding hydrogens is 391 g/mol. The van der Waals surface area contributed by atoms with Crippen LogP contribution in [0.15, 0.2) is 52.3 Å². The fourth-order valence-corrected chi connectivity index (χ4v) is 4.47. The number of amides is 2. The first kappa shape index (κ1) is 19.7. The van der Waals surface area contributed by atoms with Gasteiger partial charge in [-0.1, -0.05) is 30.0 Å². The summed E-state index contributed by atoms with van der Waals surface area (Å²) in [6.07, 6.45) is 3.61. The zero-order chi connectivity index (χ0) is 20.4. The van der Waals surface area contributed by atoms with Crippen LogP contribution < -0.4 is 10.2 Å². The number of nitrogens with one attached hydrogen (secondary N) is 1. The lowest BCUT2D eigenvalue weighted by molar-refractivity contribution is -0.114. The Hall–Kier alpha value is -2.64. The van der Waals surface area contributed by atoms with Gasteiger partial charge in [-0.15, -0.1) is 0 Å². The molecule has 0 aliphatic carbocycles. The van der Waals surface area contributed by atoms with E-state index in [0.717, 1.165) is 24.3 Å². The lowest BCUT2D eigenvalue weighted by atomic mass is 10.1. The van der Waals surface area contributed by atoms with Crippen LogP contribution >= 0.6 is 11.8 Å². The highest BCUT2D eigenvalue weighted by molar-refractivity contribution is 8.04. The molecule has 1 saturated heterocycles. The van der Waals surface area contributed by atoms with Gasteiger partial charge in [-0.05, 0) is 43.2 Å². The van der Waals surface area contributed by atoms with Crippen LogP contribution in [-0.2, 0) is 9.53 Å². The predicted octanol–water partition coefficient (Wildman–Crippen LogP) is 3.84. The first-order chi connectivity index (χ1) is 14.0. The number of ether oxygens (including phenoxy) is 1. The summed E-state index contributed by atoms with van der Waals surface area (Å²) in [4.78, 5) is 28.0. The topological polar surface area (TPSA) is 58.6 Å². The van der Waals surface area contributed by atoms with Crippen molar-refractivity contribution in [2.75, 3.05) is 25.1 Å². The predicted molar refractivity (Wildman–Crippen MR) is 111 cm³/mol. The van der Waals surface area contributed by atoms with Crippen molar-refractivity contribution in [3.8, 4) is 0 Å². The molecule has 2 heterocycles. The molecule has 0 spiro atoms. The summed E-state index contributed by atoms with van der Waals surface area (Å²) in [7, 11) is 1.66. The van der Waals surface area contributed by atoms with E-state index in [9.17, 15) is 14.0 Å². The van der Waals surface area contributed by atoms with Crippen molar-refractivity contribution in [1.29, 1.82) is 0 Å². The molecule has 4 rings (SSSR count). The Kier molecular flexibility index (Phi) is 5.69. The van der Waals surface area contributed by atoms with Crippen molar-refractivity contribution in [2.45, 2.75) is 23.8 Å². The van der Waals surface area contributed by atoms with E-state index in [-0.39, 0.29) is 23.7 Å². The second kappa shape index (κ2) is 8.39. The molecule has 2 aromatic carbocycles. The number of benzene rings is 2. The van der Waals surface area contributed by atoms with Crippen LogP contribution in [0.1, 0.15) is 28.8 Å². The van der Waals surface area contributed by atoms with Crippen LogP contribution in [0, 0.1) is 5.82 Å². The molecule has 0 saturated carbocycles. The van der Waals surface area contributed by atoms with E-state index in [1.165, 1.54) is 22.7 Å². The number of thioether (sulfide) groups is 1. The van der Waals surface area contributed by atoms with Crippen molar-refractivity contribution >= 4 is 35.3 Å². The van der Waals surface area contributed by atoms with Crippen LogP contribution in [0.4, 0.5) is 10.1 Å². The Morgan fingerprint density at radius 2 is 2.17 bits per heavy atom. The minimum Gasteiger partial charge on any atom is -0.376 e. The second-order valence-electron chi connectivity index (χ2n) is 7.02. The van der Waals surface area contributed by atoms with Crippen molar-refractivity contribution in [3.63, 3.8) is 0 Å². The number of carbonyl (C=O) groups is 2. The summed E-state index contributed by atoms with van der Waals surface area (Å²) in [6, 6.07) is 11.6. The highest BCUT2D eigenvalue weighted by Gasteiger charge is 2.28. The first-order valence-electron chi connectivity index (χ1n) is 9.49. The molecule has 2 aliphatic heterocycles. The Labute approximate surface area is 172 Å². The number of nitrogens with zero attached hydrogens (tertiary/aromatic N) is 1. The lowest BCUT2D eigenvalue weighted by Gasteiger charge is -2.27. The highest BCUT2D eigenvalue weighted by atomic mass is 32.2. The van der Waals surface area contributed by atoms with Gasteiger partial charge in [0, 0.05) is 36.2 Å². The summed E-state index contributed by atoms with van der Waals surface area (Å²) < 4.78 is 19.5. The quantitative estimate of drug-likeness (QED) is 0.775. The number of fused-ring (bicyclic) bond motifs is 1. The maximum atomic E-state index is 14.0. The Morgan fingerprint density at radius 1 is 1.34 bits per heavy atom. The normalized spacial score (nSPS) is 20.1. The smallest absolute Gasteiger partial charge is 0.264 e. The molecule has 1 atom stereocenters. The standard InChI is InChI=1S/C22H21FN2O3S/c1-25-18-11-15(21(26)24-13-16-6-4-10-28-16)8-9-19(18)29-20(22(25)27)12-14-5-2-3-7-17(14)23/h2-3,5,7-9,11-12,16H,4,6,10,13H2,1H3,(H,24,26). The number of carbonyl (C=O) groups excluding carboxylic acids is 2. The summed E-state index contributed by atoms with van der Waals surface area (Å²) in [5.74, 6) is -0.801. The van der Waals surface area contributed by atoms with Gasteiger partial charge in [0.05, 0.1) is 16.7 Å². The third kappa shape index (κ3) is 4.21. The van der Waals surface area contributed by atoms with E-state index in [1.807, 2.05) is 6.07 Å². The Bertz CT molecular complexity index is 986. The van der Waals surface area contributed by atoms with Gasteiger partial charge in [0.15, 0.2) is 0 Å². The molecule has 0 aromatic heterocycles. The molecule has 1 unspecified atom stereocenters. The van der Waals surface area contributed by atoms with Crippen molar-refractivity contribution in [3.05, 3.63) is 64.3 Å². The number of rotatable bonds is 4. The minimum atomic E-state index is -0.375. The molecule has 0 radical (unpaired) electrons. The summed E-state index contributed by atoms with van der Waals surface area (Å²) in [5, 5.41) is 2.89. The van der Waals surface area contributed by atoms with E-state index in [0.29, 0.717) is 28.3 Å². The molecular formula is C22H21FN2O3S. The fourth-order valence-electron chi connectivity index (χ4n) is 3.38. The summed E-state index contributed by atoms with van der Waals surface area (Å²) >= 11 is 1.28. The number of anilines is 1. The number of likely N-dealkylation sites (N-methyl/N-ethyl adjacent to an activating group) is 1. The third-order valence-corrected chi connectivity index (χ3v) is 6.10. The fraction of sp³-hybridized carbons (Fsp3) is 0.273. The molecule has 1 fully saturated rings. The molecule has 29 heavy (non-hydrogen) atoms. The highest BCUT2D eigenvalue weighted by Crippen LogP contribution is 2.42. The molecule has 1 N–H and O–H groups in total. The zero-order valence-electron chi connectivity index (χ0n) is 16.0. The van der Waals surface area contributed by atoms with Crippen molar-refractivity contribution in [2.24, 2.45) is 0 Å². The maximum Gasteiger partial charge on any atom is 0.264 e. The van der Waals surface area contributed by atoms with Gasteiger partial charge in [-0.25, -0.2) is 4.39 Å². The number of hydrogen-bond acceptors (Lipinski definition) is 4. The average Bonchev–Trinajstić information content (AvgIpc) is 3.25. The van der Waals surface area contributed by atoms with Gasteiger partial charge < -0.3 is 15.0 Å². The Balaban J connectivity index is 1.54. The van der Waals surface area contributed by atoms with Gasteiger partial charge in [-0.2, -0.15) is 0 Å². The summed E-state index contributed by atoms with van der Waals surface area (Å²) in [6.45, 7) is 1.22. The second-order valence-corrected chi connectivity index (χ2v) is 8.11. The minimum absolute atomic E-state index is 0.0717. The van der Waals surface area contributed by atoms with Crippen LogP contribution in [0.2, 0.25) is 0 Å². The summed E-state index contributed by atoms with van der Waals surface area (Å²) in [5.41, 5.74) is 1.52. The van der Waals surface area contributed by atoms with E-state index < -0.39 is 0 Å². The lowest BCUT2D eigenvalue weighted by Crippen LogP contribution is -2.33. The largest absolute Gasteiger partial charge is 0.376 e. The first-order valence-corrected chi connectivity index (χ1v) is 10.3.